The van der Waals surface area contributed by atoms with E-state index in [-0.39, 0.29) is 5.91 Å². The molecule has 0 saturated carbocycles. The van der Waals surface area contributed by atoms with Crippen LogP contribution in [0.5, 0.6) is 0 Å². The smallest absolute Gasteiger partial charge is 0.252 e. The molecule has 3 nitrogen and oxygen atoms in total. The Balaban J connectivity index is 2.70. The summed E-state index contributed by atoms with van der Waals surface area (Å²) in [5.74, 6) is 0.458. The van der Waals surface area contributed by atoms with Crippen LogP contribution in [-0.4, -0.2) is 19.5 Å². The van der Waals surface area contributed by atoms with Crippen LogP contribution in [-0.2, 0) is 0 Å². The van der Waals surface area contributed by atoms with Gasteiger partial charge in [-0.1, -0.05) is 31.9 Å². The SMILES string of the molecule is CCCC(C)CNc1ccc(Cl)c(C(=O)NC)c1. The first kappa shape index (κ1) is 14.8. The van der Waals surface area contributed by atoms with Crippen molar-refractivity contribution >= 4 is 23.2 Å². The van der Waals surface area contributed by atoms with Crippen LogP contribution < -0.4 is 10.6 Å². The average molecular weight is 269 g/mol. The van der Waals surface area contributed by atoms with E-state index in [0.717, 1.165) is 12.2 Å². The van der Waals surface area contributed by atoms with Gasteiger partial charge in [0.15, 0.2) is 0 Å². The van der Waals surface area contributed by atoms with Crippen LogP contribution in [0.3, 0.4) is 0 Å². The lowest BCUT2D eigenvalue weighted by Gasteiger charge is -2.13. The van der Waals surface area contributed by atoms with Crippen molar-refractivity contribution in [2.75, 3.05) is 18.9 Å². The van der Waals surface area contributed by atoms with Crippen molar-refractivity contribution in [1.82, 2.24) is 5.32 Å². The number of halogens is 1. The highest BCUT2D eigenvalue weighted by atomic mass is 35.5. The zero-order chi connectivity index (χ0) is 13.5. The van der Waals surface area contributed by atoms with E-state index in [2.05, 4.69) is 24.5 Å². The Morgan fingerprint density at radius 2 is 2.17 bits per heavy atom. The van der Waals surface area contributed by atoms with Crippen LogP contribution in [0.15, 0.2) is 18.2 Å². The van der Waals surface area contributed by atoms with E-state index in [1.807, 2.05) is 6.07 Å². The lowest BCUT2D eigenvalue weighted by molar-refractivity contribution is 0.0963. The fraction of sp³-hybridized carbons (Fsp3) is 0.500. The molecule has 0 heterocycles. The predicted molar refractivity (Wildman–Crippen MR) is 77.4 cm³/mol. The van der Waals surface area contributed by atoms with E-state index < -0.39 is 0 Å². The quantitative estimate of drug-likeness (QED) is 0.828. The molecule has 0 bridgehead atoms. The first-order chi connectivity index (χ1) is 8.58. The summed E-state index contributed by atoms with van der Waals surface area (Å²) in [4.78, 5) is 11.6. The molecule has 1 rings (SSSR count). The van der Waals surface area contributed by atoms with Gasteiger partial charge in [0, 0.05) is 19.3 Å². The van der Waals surface area contributed by atoms with Gasteiger partial charge in [-0.15, -0.1) is 0 Å². The third kappa shape index (κ3) is 4.22. The maximum absolute atomic E-state index is 11.6. The van der Waals surface area contributed by atoms with E-state index in [9.17, 15) is 4.79 Å². The van der Waals surface area contributed by atoms with Crippen LogP contribution >= 0.6 is 11.6 Å². The van der Waals surface area contributed by atoms with Crippen molar-refractivity contribution in [3.63, 3.8) is 0 Å². The summed E-state index contributed by atoms with van der Waals surface area (Å²) >= 11 is 5.99. The van der Waals surface area contributed by atoms with Gasteiger partial charge in [-0.05, 0) is 30.5 Å². The minimum absolute atomic E-state index is 0.162. The minimum Gasteiger partial charge on any atom is -0.385 e. The highest BCUT2D eigenvalue weighted by Gasteiger charge is 2.09. The first-order valence-electron chi connectivity index (χ1n) is 6.34. The maximum Gasteiger partial charge on any atom is 0.252 e. The van der Waals surface area contributed by atoms with Crippen molar-refractivity contribution in [2.24, 2.45) is 5.92 Å². The number of carbonyl (C=O) groups is 1. The summed E-state index contributed by atoms with van der Waals surface area (Å²) < 4.78 is 0. The predicted octanol–water partition coefficient (Wildman–Crippen LogP) is 3.55. The van der Waals surface area contributed by atoms with Crippen LogP contribution in [0.1, 0.15) is 37.0 Å². The molecule has 0 fully saturated rings. The third-order valence-corrected chi connectivity index (χ3v) is 3.20. The molecule has 100 valence electrons. The second-order valence-corrected chi connectivity index (χ2v) is 4.96. The first-order valence-corrected chi connectivity index (χ1v) is 6.71. The molecule has 18 heavy (non-hydrogen) atoms. The standard InChI is InChI=1S/C14H21ClN2O/c1-4-5-10(2)9-17-11-6-7-13(15)12(8-11)14(18)16-3/h6-8,10,17H,4-5,9H2,1-3H3,(H,16,18). The molecule has 1 unspecified atom stereocenters. The second kappa shape index (κ2) is 7.27. The van der Waals surface area contributed by atoms with Crippen molar-refractivity contribution in [3.05, 3.63) is 28.8 Å². The van der Waals surface area contributed by atoms with E-state index in [1.54, 1.807) is 19.2 Å². The molecule has 1 amide bonds. The van der Waals surface area contributed by atoms with E-state index in [0.29, 0.717) is 16.5 Å². The van der Waals surface area contributed by atoms with Gasteiger partial charge in [-0.25, -0.2) is 0 Å². The van der Waals surface area contributed by atoms with Gasteiger partial charge < -0.3 is 10.6 Å². The number of amides is 1. The zero-order valence-corrected chi connectivity index (χ0v) is 12.0. The molecule has 0 saturated heterocycles. The minimum atomic E-state index is -0.162. The summed E-state index contributed by atoms with van der Waals surface area (Å²) in [7, 11) is 1.60. The molecule has 1 aromatic rings. The Labute approximate surface area is 114 Å². The molecule has 0 aliphatic heterocycles. The van der Waals surface area contributed by atoms with Crippen molar-refractivity contribution < 1.29 is 4.79 Å². The lowest BCUT2D eigenvalue weighted by Crippen LogP contribution is -2.18. The van der Waals surface area contributed by atoms with E-state index in [4.69, 9.17) is 11.6 Å². The number of anilines is 1. The maximum atomic E-state index is 11.6. The summed E-state index contributed by atoms with van der Waals surface area (Å²) in [6, 6.07) is 5.44. The number of rotatable bonds is 6. The van der Waals surface area contributed by atoms with Crippen molar-refractivity contribution in [1.29, 1.82) is 0 Å². The molecule has 0 radical (unpaired) electrons. The van der Waals surface area contributed by atoms with Crippen molar-refractivity contribution in [3.8, 4) is 0 Å². The number of hydrogen-bond acceptors (Lipinski definition) is 2. The van der Waals surface area contributed by atoms with Gasteiger partial charge in [0.05, 0.1) is 10.6 Å². The highest BCUT2D eigenvalue weighted by molar-refractivity contribution is 6.34. The Kier molecular flexibility index (Phi) is 5.99. The fourth-order valence-electron chi connectivity index (χ4n) is 1.83. The van der Waals surface area contributed by atoms with Crippen LogP contribution in [0.25, 0.3) is 0 Å². The van der Waals surface area contributed by atoms with E-state index >= 15 is 0 Å². The monoisotopic (exact) mass is 268 g/mol. The molecular weight excluding hydrogens is 248 g/mol. The highest BCUT2D eigenvalue weighted by Crippen LogP contribution is 2.21. The molecule has 0 aliphatic rings. The van der Waals surface area contributed by atoms with Crippen LogP contribution in [0, 0.1) is 5.92 Å². The number of nitrogens with one attached hydrogen (secondary N) is 2. The average Bonchev–Trinajstić information content (AvgIpc) is 2.37. The molecule has 0 aromatic heterocycles. The Bertz CT molecular complexity index is 407. The van der Waals surface area contributed by atoms with Gasteiger partial charge in [-0.3, -0.25) is 4.79 Å². The normalized spacial score (nSPS) is 12.0. The van der Waals surface area contributed by atoms with E-state index in [1.165, 1.54) is 12.8 Å². The Hall–Kier alpha value is -1.22. The van der Waals surface area contributed by atoms with Gasteiger partial charge >= 0.3 is 0 Å². The van der Waals surface area contributed by atoms with Gasteiger partial charge in [0.1, 0.15) is 0 Å². The zero-order valence-electron chi connectivity index (χ0n) is 11.2. The van der Waals surface area contributed by atoms with Gasteiger partial charge in [0.25, 0.3) is 5.91 Å². The second-order valence-electron chi connectivity index (χ2n) is 4.55. The van der Waals surface area contributed by atoms with Crippen LogP contribution in [0.4, 0.5) is 5.69 Å². The molecule has 1 aromatic carbocycles. The molecule has 1 atom stereocenters. The van der Waals surface area contributed by atoms with Gasteiger partial charge in [-0.2, -0.15) is 0 Å². The summed E-state index contributed by atoms with van der Waals surface area (Å²) in [6.45, 7) is 5.30. The number of benzene rings is 1. The molecule has 0 aliphatic carbocycles. The fourth-order valence-corrected chi connectivity index (χ4v) is 2.03. The number of hydrogen-bond donors (Lipinski definition) is 2. The molecule has 4 heteroatoms. The summed E-state index contributed by atoms with van der Waals surface area (Å²) in [6.07, 6.45) is 2.38. The van der Waals surface area contributed by atoms with Crippen LogP contribution in [0.2, 0.25) is 5.02 Å². The van der Waals surface area contributed by atoms with Crippen molar-refractivity contribution in [2.45, 2.75) is 26.7 Å². The largest absolute Gasteiger partial charge is 0.385 e. The Morgan fingerprint density at radius 3 is 2.78 bits per heavy atom. The summed E-state index contributed by atoms with van der Waals surface area (Å²) in [5, 5.41) is 6.39. The third-order valence-electron chi connectivity index (χ3n) is 2.87. The molecule has 0 spiro atoms. The molecular formula is C14H21ClN2O. The molecule has 2 N–H and O–H groups in total. The topological polar surface area (TPSA) is 41.1 Å². The Morgan fingerprint density at radius 1 is 1.44 bits per heavy atom. The van der Waals surface area contributed by atoms with Gasteiger partial charge in [0.2, 0.25) is 0 Å². The lowest BCUT2D eigenvalue weighted by atomic mass is 10.1. The number of carbonyl (C=O) groups excluding carboxylic acids is 1. The summed E-state index contributed by atoms with van der Waals surface area (Å²) in [5.41, 5.74) is 1.44.